The van der Waals surface area contributed by atoms with E-state index in [0.29, 0.717) is 5.75 Å². The summed E-state index contributed by atoms with van der Waals surface area (Å²) in [5, 5.41) is 2.42. The molecule has 24 heavy (non-hydrogen) atoms. The largest absolute Gasteiger partial charge is 0.481 e. The zero-order valence-corrected chi connectivity index (χ0v) is 14.4. The van der Waals surface area contributed by atoms with Crippen LogP contribution in [0.4, 0.5) is 10.1 Å². The number of nitrogens with one attached hydrogen (secondary N) is 1. The summed E-state index contributed by atoms with van der Waals surface area (Å²) < 4.78 is 23.8. The molecule has 0 aromatic heterocycles. The van der Waals surface area contributed by atoms with Gasteiger partial charge in [-0.3, -0.25) is 4.79 Å². The Labute approximate surface area is 146 Å². The molecule has 1 amide bonds. The minimum atomic E-state index is -0.683. The summed E-state index contributed by atoms with van der Waals surface area (Å²) in [4.78, 5) is 23.2. The maximum Gasteiger partial charge on any atom is 0.344 e. The van der Waals surface area contributed by atoms with Crippen molar-refractivity contribution in [3.8, 4) is 5.75 Å². The van der Waals surface area contributed by atoms with Crippen molar-refractivity contribution >= 4 is 33.5 Å². The number of carbonyl (C=O) groups excluding carboxylic acids is 2. The predicted octanol–water partition coefficient (Wildman–Crippen LogP) is 3.46. The van der Waals surface area contributed by atoms with Gasteiger partial charge in [-0.15, -0.1) is 0 Å². The van der Waals surface area contributed by atoms with E-state index < -0.39 is 24.3 Å². The number of esters is 1. The lowest BCUT2D eigenvalue weighted by atomic mass is 10.2. The van der Waals surface area contributed by atoms with Gasteiger partial charge in [-0.2, -0.15) is 0 Å². The number of ether oxygens (including phenoxy) is 2. The number of amides is 1. The smallest absolute Gasteiger partial charge is 0.344 e. The summed E-state index contributed by atoms with van der Waals surface area (Å²) in [5.41, 5.74) is 1.33. The molecule has 2 aromatic carbocycles. The normalized spacial score (nSPS) is 10.1. The van der Waals surface area contributed by atoms with Gasteiger partial charge in [0.1, 0.15) is 11.6 Å². The van der Waals surface area contributed by atoms with E-state index in [2.05, 4.69) is 21.2 Å². The monoisotopic (exact) mass is 395 g/mol. The Hall–Kier alpha value is -2.41. The number of anilines is 1. The van der Waals surface area contributed by atoms with Crippen molar-refractivity contribution in [2.75, 3.05) is 18.5 Å². The van der Waals surface area contributed by atoms with Crippen LogP contribution in [0.1, 0.15) is 5.56 Å². The number of benzene rings is 2. The van der Waals surface area contributed by atoms with Crippen molar-refractivity contribution < 1.29 is 23.5 Å². The Bertz CT molecular complexity index is 751. The van der Waals surface area contributed by atoms with Crippen LogP contribution in [0.5, 0.6) is 5.75 Å². The minimum absolute atomic E-state index is 0.288. The van der Waals surface area contributed by atoms with Crippen LogP contribution in [0.3, 0.4) is 0 Å². The number of carbonyl (C=O) groups is 2. The van der Waals surface area contributed by atoms with Gasteiger partial charge in [0.25, 0.3) is 5.91 Å². The highest BCUT2D eigenvalue weighted by atomic mass is 79.9. The highest BCUT2D eigenvalue weighted by Crippen LogP contribution is 2.25. The van der Waals surface area contributed by atoms with E-state index in [1.165, 1.54) is 18.2 Å². The van der Waals surface area contributed by atoms with E-state index in [4.69, 9.17) is 9.47 Å². The van der Waals surface area contributed by atoms with Gasteiger partial charge >= 0.3 is 5.97 Å². The molecule has 0 fully saturated rings. The maximum absolute atomic E-state index is 13.0. The third-order valence-electron chi connectivity index (χ3n) is 2.91. The molecule has 0 heterocycles. The summed E-state index contributed by atoms with van der Waals surface area (Å²) in [6, 6.07) is 10.8. The first kappa shape index (κ1) is 17.9. The van der Waals surface area contributed by atoms with E-state index in [1.807, 2.05) is 19.1 Å². The topological polar surface area (TPSA) is 64.6 Å². The second-order valence-electron chi connectivity index (χ2n) is 4.94. The van der Waals surface area contributed by atoms with Crippen molar-refractivity contribution in [1.82, 2.24) is 0 Å². The summed E-state index contributed by atoms with van der Waals surface area (Å²) in [6.07, 6.45) is 0. The number of halogens is 2. The van der Waals surface area contributed by atoms with Gasteiger partial charge in [-0.1, -0.05) is 12.1 Å². The molecule has 0 atom stereocenters. The first-order valence-electron chi connectivity index (χ1n) is 7.04. The Balaban J connectivity index is 1.75. The van der Waals surface area contributed by atoms with E-state index in [9.17, 15) is 14.0 Å². The summed E-state index contributed by atoms with van der Waals surface area (Å²) in [5.74, 6) is -1.22. The van der Waals surface area contributed by atoms with Crippen LogP contribution in [0.15, 0.2) is 46.9 Å². The molecular formula is C17H15BrFNO4. The second-order valence-corrected chi connectivity index (χ2v) is 5.80. The first-order valence-corrected chi connectivity index (χ1v) is 7.83. The highest BCUT2D eigenvalue weighted by molar-refractivity contribution is 9.10. The number of hydrogen-bond acceptors (Lipinski definition) is 4. The van der Waals surface area contributed by atoms with Gasteiger partial charge in [-0.25, -0.2) is 9.18 Å². The molecule has 0 aliphatic heterocycles. The molecule has 0 radical (unpaired) electrons. The van der Waals surface area contributed by atoms with Crippen molar-refractivity contribution in [3.63, 3.8) is 0 Å². The van der Waals surface area contributed by atoms with Crippen LogP contribution in [0.2, 0.25) is 0 Å². The third kappa shape index (κ3) is 5.66. The van der Waals surface area contributed by atoms with E-state index in [0.717, 1.165) is 16.1 Å². The zero-order valence-electron chi connectivity index (χ0n) is 12.8. The fourth-order valence-electron chi connectivity index (χ4n) is 1.81. The molecule has 0 bridgehead atoms. The zero-order chi connectivity index (χ0) is 17.5. The van der Waals surface area contributed by atoms with E-state index in [-0.39, 0.29) is 12.3 Å². The summed E-state index contributed by atoms with van der Waals surface area (Å²) in [7, 11) is 0. The first-order chi connectivity index (χ1) is 11.4. The molecule has 126 valence electrons. The molecule has 5 nitrogen and oxygen atoms in total. The number of aryl methyl sites for hydroxylation is 1. The Kier molecular flexibility index (Phi) is 6.31. The average Bonchev–Trinajstić information content (AvgIpc) is 2.52. The SMILES string of the molecule is Cc1ccc(OCC(=O)OCC(=O)Nc2cccc(F)c2)c(Br)c1. The van der Waals surface area contributed by atoms with Crippen molar-refractivity contribution in [1.29, 1.82) is 0 Å². The van der Waals surface area contributed by atoms with E-state index in [1.54, 1.807) is 6.07 Å². The van der Waals surface area contributed by atoms with E-state index >= 15 is 0 Å². The summed E-state index contributed by atoms with van der Waals surface area (Å²) in [6.45, 7) is 1.13. The molecule has 7 heteroatoms. The number of rotatable bonds is 6. The fourth-order valence-corrected chi connectivity index (χ4v) is 2.42. The lowest BCUT2D eigenvalue weighted by molar-refractivity contribution is -0.149. The number of hydrogen-bond donors (Lipinski definition) is 1. The second kappa shape index (κ2) is 8.44. The van der Waals surface area contributed by atoms with Crippen molar-refractivity contribution in [3.05, 3.63) is 58.3 Å². The minimum Gasteiger partial charge on any atom is -0.481 e. The lowest BCUT2D eigenvalue weighted by Gasteiger charge is -2.09. The molecular weight excluding hydrogens is 381 g/mol. The van der Waals surface area contributed by atoms with Crippen molar-refractivity contribution in [2.45, 2.75) is 6.92 Å². The van der Waals surface area contributed by atoms with Gasteiger partial charge < -0.3 is 14.8 Å². The van der Waals surface area contributed by atoms with Crippen LogP contribution < -0.4 is 10.1 Å². The highest BCUT2D eigenvalue weighted by Gasteiger charge is 2.10. The van der Waals surface area contributed by atoms with Gasteiger partial charge in [0.2, 0.25) is 0 Å². The molecule has 2 rings (SSSR count). The third-order valence-corrected chi connectivity index (χ3v) is 3.53. The van der Waals surface area contributed by atoms with Gasteiger partial charge in [0.15, 0.2) is 13.2 Å². The average molecular weight is 396 g/mol. The van der Waals surface area contributed by atoms with Gasteiger partial charge in [0.05, 0.1) is 4.47 Å². The van der Waals surface area contributed by atoms with Crippen LogP contribution >= 0.6 is 15.9 Å². The fraction of sp³-hybridized carbons (Fsp3) is 0.176. The Morgan fingerprint density at radius 2 is 1.96 bits per heavy atom. The molecule has 0 spiro atoms. The molecule has 0 aliphatic carbocycles. The predicted molar refractivity (Wildman–Crippen MR) is 90.4 cm³/mol. The molecule has 1 N–H and O–H groups in total. The van der Waals surface area contributed by atoms with Crippen molar-refractivity contribution in [2.24, 2.45) is 0 Å². The Morgan fingerprint density at radius 3 is 2.67 bits per heavy atom. The molecule has 2 aromatic rings. The molecule has 0 saturated heterocycles. The standard InChI is InChI=1S/C17H15BrFNO4/c1-11-5-6-15(14(18)7-11)23-10-17(22)24-9-16(21)20-13-4-2-3-12(19)8-13/h2-8H,9-10H2,1H3,(H,20,21). The summed E-state index contributed by atoms with van der Waals surface area (Å²) >= 11 is 3.33. The van der Waals surface area contributed by atoms with Crippen LogP contribution in [-0.2, 0) is 14.3 Å². The van der Waals surface area contributed by atoms with Crippen LogP contribution in [-0.4, -0.2) is 25.1 Å². The van der Waals surface area contributed by atoms with Gasteiger partial charge in [0, 0.05) is 5.69 Å². The van der Waals surface area contributed by atoms with Gasteiger partial charge in [-0.05, 0) is 58.7 Å². The van der Waals surface area contributed by atoms with Crippen LogP contribution in [0.25, 0.3) is 0 Å². The molecule has 0 aliphatic rings. The Morgan fingerprint density at radius 1 is 1.17 bits per heavy atom. The quantitative estimate of drug-likeness (QED) is 0.760. The van der Waals surface area contributed by atoms with Crippen LogP contribution in [0, 0.1) is 12.7 Å². The molecule has 0 unspecified atom stereocenters. The lowest BCUT2D eigenvalue weighted by Crippen LogP contribution is -2.23. The molecule has 0 saturated carbocycles. The maximum atomic E-state index is 13.0.